The zero-order chi connectivity index (χ0) is 24.1. The van der Waals surface area contributed by atoms with Crippen molar-refractivity contribution in [3.63, 3.8) is 0 Å². The molecule has 8 nitrogen and oxygen atoms in total. The van der Waals surface area contributed by atoms with E-state index in [9.17, 15) is 9.59 Å². The van der Waals surface area contributed by atoms with Crippen molar-refractivity contribution >= 4 is 22.8 Å². The van der Waals surface area contributed by atoms with Crippen molar-refractivity contribution in [1.82, 2.24) is 25.0 Å². The second-order valence-corrected chi connectivity index (χ2v) is 9.05. The van der Waals surface area contributed by atoms with Crippen molar-refractivity contribution in [2.24, 2.45) is 5.92 Å². The molecule has 0 bridgehead atoms. The van der Waals surface area contributed by atoms with Gasteiger partial charge in [0.05, 0.1) is 22.8 Å². The van der Waals surface area contributed by atoms with Gasteiger partial charge in [0, 0.05) is 50.9 Å². The lowest BCUT2D eigenvalue weighted by Crippen LogP contribution is -2.43. The number of carbonyl (C=O) groups excluding carboxylic acids is 2. The molecule has 0 spiro atoms. The highest BCUT2D eigenvalue weighted by Gasteiger charge is 2.29. The lowest BCUT2D eigenvalue weighted by Gasteiger charge is -2.31. The average molecular weight is 464 g/mol. The van der Waals surface area contributed by atoms with E-state index in [4.69, 9.17) is 9.72 Å². The van der Waals surface area contributed by atoms with Crippen LogP contribution in [0.5, 0.6) is 0 Å². The number of nitrogens with one attached hydrogen (secondary N) is 1. The number of amides is 2. The Morgan fingerprint density at radius 1 is 1.18 bits per heavy atom. The maximum absolute atomic E-state index is 13.6. The minimum Gasteiger partial charge on any atom is -0.385 e. The summed E-state index contributed by atoms with van der Waals surface area (Å²) in [6, 6.07) is 11.9. The topological polar surface area (TPSA) is 89.3 Å². The average Bonchev–Trinajstić information content (AvgIpc) is 3.30. The summed E-state index contributed by atoms with van der Waals surface area (Å²) in [4.78, 5) is 32.8. The molecule has 0 aliphatic carbocycles. The van der Waals surface area contributed by atoms with Crippen molar-refractivity contribution in [3.8, 4) is 11.3 Å². The Balaban J connectivity index is 1.54. The molecule has 1 aliphatic heterocycles. The molecule has 1 saturated heterocycles. The van der Waals surface area contributed by atoms with Crippen LogP contribution in [0.2, 0.25) is 0 Å². The van der Waals surface area contributed by atoms with Crippen LogP contribution < -0.4 is 5.32 Å². The Morgan fingerprint density at radius 2 is 1.91 bits per heavy atom. The fraction of sp³-hybridized carbons (Fsp3) is 0.462. The number of pyridine rings is 1. The van der Waals surface area contributed by atoms with Crippen molar-refractivity contribution in [2.45, 2.75) is 39.2 Å². The number of benzene rings is 1. The van der Waals surface area contributed by atoms with E-state index in [1.54, 1.807) is 13.3 Å². The number of aromatic nitrogens is 3. The summed E-state index contributed by atoms with van der Waals surface area (Å²) in [6.07, 6.45) is 3.86. The number of carbonyl (C=O) groups is 2. The molecule has 0 unspecified atom stereocenters. The number of methoxy groups -OCH3 is 1. The molecule has 3 aromatic rings. The molecule has 0 saturated carbocycles. The Morgan fingerprint density at radius 3 is 2.59 bits per heavy atom. The van der Waals surface area contributed by atoms with Gasteiger partial charge in [-0.1, -0.05) is 30.3 Å². The van der Waals surface area contributed by atoms with E-state index in [2.05, 4.69) is 24.3 Å². The monoisotopic (exact) mass is 463 g/mol. The Kier molecular flexibility index (Phi) is 7.57. The molecule has 0 atom stereocenters. The molecule has 0 radical (unpaired) electrons. The van der Waals surface area contributed by atoms with Crippen LogP contribution in [-0.2, 0) is 9.53 Å². The quantitative estimate of drug-likeness (QED) is 0.515. The molecule has 180 valence electrons. The predicted octanol–water partition coefficient (Wildman–Crippen LogP) is 3.68. The number of likely N-dealkylation sites (tertiary alicyclic amines) is 1. The minimum atomic E-state index is -0.0624. The standard InChI is InChI=1S/C26H33N5O3/c1-18(2)31-24-22(17-28-31)21(16-23(29-24)19-8-5-4-6-9-19)26(33)30-13-10-20(11-14-30)25(32)27-12-7-15-34-3/h4-6,8-9,16-18,20H,7,10-15H2,1-3H3,(H,27,32). The van der Waals surface area contributed by atoms with Crippen LogP contribution in [0.4, 0.5) is 0 Å². The number of ether oxygens (including phenoxy) is 1. The highest BCUT2D eigenvalue weighted by molar-refractivity contribution is 6.06. The number of piperidine rings is 1. The Hall–Kier alpha value is -3.26. The van der Waals surface area contributed by atoms with Crippen LogP contribution >= 0.6 is 0 Å². The van der Waals surface area contributed by atoms with Gasteiger partial charge in [0.15, 0.2) is 5.65 Å². The third-order valence-electron chi connectivity index (χ3n) is 6.33. The van der Waals surface area contributed by atoms with Crippen molar-refractivity contribution < 1.29 is 14.3 Å². The third-order valence-corrected chi connectivity index (χ3v) is 6.33. The molecule has 3 heterocycles. The summed E-state index contributed by atoms with van der Waals surface area (Å²) < 4.78 is 6.89. The first-order valence-electron chi connectivity index (χ1n) is 12.0. The van der Waals surface area contributed by atoms with Crippen molar-refractivity contribution in [3.05, 3.63) is 48.2 Å². The molecule has 4 rings (SSSR count). The smallest absolute Gasteiger partial charge is 0.254 e. The number of nitrogens with zero attached hydrogens (tertiary/aromatic N) is 4. The summed E-state index contributed by atoms with van der Waals surface area (Å²) in [5.74, 6) is -0.0291. The highest BCUT2D eigenvalue weighted by Crippen LogP contribution is 2.28. The van der Waals surface area contributed by atoms with E-state index in [1.807, 2.05) is 46.0 Å². The lowest BCUT2D eigenvalue weighted by molar-refractivity contribution is -0.126. The zero-order valence-electron chi connectivity index (χ0n) is 20.2. The maximum Gasteiger partial charge on any atom is 0.254 e. The van der Waals surface area contributed by atoms with Crippen LogP contribution in [-0.4, -0.2) is 64.8 Å². The summed E-state index contributed by atoms with van der Waals surface area (Å²) in [5, 5.41) is 8.26. The van der Waals surface area contributed by atoms with Gasteiger partial charge in [0.1, 0.15) is 0 Å². The van der Waals surface area contributed by atoms with Gasteiger partial charge in [-0.25, -0.2) is 9.67 Å². The van der Waals surface area contributed by atoms with Crippen LogP contribution in [0.15, 0.2) is 42.6 Å². The van der Waals surface area contributed by atoms with Gasteiger partial charge < -0.3 is 15.0 Å². The van der Waals surface area contributed by atoms with Crippen LogP contribution in [0.1, 0.15) is 49.5 Å². The predicted molar refractivity (Wildman–Crippen MR) is 131 cm³/mol. The number of fused-ring (bicyclic) bond motifs is 1. The summed E-state index contributed by atoms with van der Waals surface area (Å²) in [7, 11) is 1.65. The SMILES string of the molecule is COCCCNC(=O)C1CCN(C(=O)c2cc(-c3ccccc3)nc3c2cnn3C(C)C)CC1. The first-order chi connectivity index (χ1) is 16.5. The van der Waals surface area contributed by atoms with Crippen molar-refractivity contribution in [2.75, 3.05) is 33.4 Å². The number of hydrogen-bond acceptors (Lipinski definition) is 5. The summed E-state index contributed by atoms with van der Waals surface area (Å²) in [6.45, 7) is 6.45. The molecule has 8 heteroatoms. The second-order valence-electron chi connectivity index (χ2n) is 9.05. The highest BCUT2D eigenvalue weighted by atomic mass is 16.5. The van der Waals surface area contributed by atoms with E-state index >= 15 is 0 Å². The summed E-state index contributed by atoms with van der Waals surface area (Å²) in [5.41, 5.74) is 3.03. The van der Waals surface area contributed by atoms with Gasteiger partial charge in [0.2, 0.25) is 5.91 Å². The van der Waals surface area contributed by atoms with Crippen molar-refractivity contribution in [1.29, 1.82) is 0 Å². The number of rotatable bonds is 8. The van der Waals surface area contributed by atoms with Gasteiger partial charge in [-0.3, -0.25) is 9.59 Å². The molecular weight excluding hydrogens is 430 g/mol. The lowest BCUT2D eigenvalue weighted by atomic mass is 9.95. The van der Waals surface area contributed by atoms with Crippen LogP contribution in [0.25, 0.3) is 22.3 Å². The van der Waals surface area contributed by atoms with Crippen LogP contribution in [0.3, 0.4) is 0 Å². The van der Waals surface area contributed by atoms with Gasteiger partial charge in [-0.2, -0.15) is 5.10 Å². The summed E-state index contributed by atoms with van der Waals surface area (Å²) >= 11 is 0. The third kappa shape index (κ3) is 5.12. The second kappa shape index (κ2) is 10.8. The van der Waals surface area contributed by atoms with Gasteiger partial charge in [0.25, 0.3) is 5.91 Å². The van der Waals surface area contributed by atoms with E-state index < -0.39 is 0 Å². The van der Waals surface area contributed by atoms with E-state index in [-0.39, 0.29) is 23.8 Å². The van der Waals surface area contributed by atoms with E-state index in [1.165, 1.54) is 0 Å². The zero-order valence-corrected chi connectivity index (χ0v) is 20.2. The van der Waals surface area contributed by atoms with Gasteiger partial charge in [-0.05, 0) is 39.2 Å². The van der Waals surface area contributed by atoms with E-state index in [0.717, 1.165) is 23.1 Å². The molecule has 1 N–H and O–H groups in total. The Labute approximate surface area is 200 Å². The first kappa shape index (κ1) is 23.9. The largest absolute Gasteiger partial charge is 0.385 e. The molecule has 1 aliphatic rings. The van der Waals surface area contributed by atoms with Crippen LogP contribution in [0, 0.1) is 5.92 Å². The molecular formula is C26H33N5O3. The minimum absolute atomic E-state index is 0.0353. The first-order valence-corrected chi connectivity index (χ1v) is 12.0. The molecule has 1 fully saturated rings. The molecule has 2 amide bonds. The van der Waals surface area contributed by atoms with Gasteiger partial charge in [-0.15, -0.1) is 0 Å². The normalized spacial score (nSPS) is 14.6. The van der Waals surface area contributed by atoms with E-state index in [0.29, 0.717) is 50.3 Å². The number of hydrogen-bond donors (Lipinski definition) is 1. The fourth-order valence-electron chi connectivity index (χ4n) is 4.42. The maximum atomic E-state index is 13.6. The fourth-order valence-corrected chi connectivity index (χ4v) is 4.42. The molecule has 34 heavy (non-hydrogen) atoms. The molecule has 1 aromatic carbocycles. The van der Waals surface area contributed by atoms with Gasteiger partial charge >= 0.3 is 0 Å². The molecule has 2 aromatic heterocycles. The Bertz CT molecular complexity index is 1130.